The molecule has 98 valence electrons. The highest BCUT2D eigenvalue weighted by molar-refractivity contribution is 6.42. The number of benzene rings is 2. The summed E-state index contributed by atoms with van der Waals surface area (Å²) in [6.07, 6.45) is 0. The third-order valence-corrected chi connectivity index (χ3v) is 3.34. The zero-order valence-corrected chi connectivity index (χ0v) is 11.4. The van der Waals surface area contributed by atoms with E-state index in [1.54, 1.807) is 42.5 Å². The highest BCUT2D eigenvalue weighted by Crippen LogP contribution is 2.24. The van der Waals surface area contributed by atoms with Gasteiger partial charge in [-0.2, -0.15) is 0 Å². The van der Waals surface area contributed by atoms with Crippen molar-refractivity contribution in [2.75, 3.05) is 10.7 Å². The van der Waals surface area contributed by atoms with Crippen molar-refractivity contribution in [1.29, 1.82) is 5.41 Å². The smallest absolute Gasteiger partial charge is 0.147 e. The molecule has 0 saturated heterocycles. The van der Waals surface area contributed by atoms with Gasteiger partial charge in [-0.15, -0.1) is 0 Å². The van der Waals surface area contributed by atoms with Crippen molar-refractivity contribution in [2.24, 2.45) is 5.84 Å². The van der Waals surface area contributed by atoms with Crippen LogP contribution in [0.2, 0.25) is 10.0 Å². The molecule has 0 heterocycles. The second-order valence-electron chi connectivity index (χ2n) is 3.94. The maximum atomic E-state index is 8.06. The molecule has 0 aliphatic carbocycles. The summed E-state index contributed by atoms with van der Waals surface area (Å²) in [5.41, 5.74) is 7.48. The average Bonchev–Trinajstić information content (AvgIpc) is 2.41. The zero-order chi connectivity index (χ0) is 14.0. The van der Waals surface area contributed by atoms with Crippen LogP contribution in [0.1, 0.15) is 5.56 Å². The molecule has 2 rings (SSSR count). The van der Waals surface area contributed by atoms with Crippen molar-refractivity contribution in [1.82, 2.24) is 0 Å². The molecule has 0 amide bonds. The predicted octanol–water partition coefficient (Wildman–Crippen LogP) is 3.28. The Bertz CT molecular complexity index is 611. The van der Waals surface area contributed by atoms with Crippen LogP contribution in [0.15, 0.2) is 42.5 Å². The van der Waals surface area contributed by atoms with Gasteiger partial charge < -0.3 is 5.73 Å². The Labute approximate surface area is 121 Å². The van der Waals surface area contributed by atoms with Crippen molar-refractivity contribution in [3.05, 3.63) is 58.1 Å². The minimum atomic E-state index is 0.114. The van der Waals surface area contributed by atoms with Gasteiger partial charge >= 0.3 is 0 Å². The molecule has 5 N–H and O–H groups in total. The van der Waals surface area contributed by atoms with Gasteiger partial charge in [-0.05, 0) is 42.5 Å². The number of halogens is 2. The van der Waals surface area contributed by atoms with Gasteiger partial charge in [-0.25, -0.2) is 5.84 Å². The predicted molar refractivity (Wildman–Crippen MR) is 80.8 cm³/mol. The maximum absolute atomic E-state index is 8.06. The standard InChI is InChI=1S/C13H12Cl2N4/c14-11-6-1-8(7-12(11)15)13(17)19(18)10-4-2-9(16)3-5-10/h1-7,17H,16,18H2. The molecule has 4 nitrogen and oxygen atoms in total. The van der Waals surface area contributed by atoms with Crippen LogP contribution in [-0.2, 0) is 0 Å². The summed E-state index contributed by atoms with van der Waals surface area (Å²) in [6, 6.07) is 11.8. The molecule has 0 unspecified atom stereocenters. The van der Waals surface area contributed by atoms with Gasteiger partial charge in [-0.3, -0.25) is 10.4 Å². The molecule has 2 aromatic carbocycles. The first-order valence-electron chi connectivity index (χ1n) is 5.43. The minimum absolute atomic E-state index is 0.114. The Kier molecular flexibility index (Phi) is 3.95. The molecule has 6 heteroatoms. The molecular formula is C13H12Cl2N4. The fraction of sp³-hybridized carbons (Fsp3) is 0. The van der Waals surface area contributed by atoms with Crippen molar-refractivity contribution in [3.8, 4) is 0 Å². The fourth-order valence-electron chi connectivity index (χ4n) is 1.55. The van der Waals surface area contributed by atoms with Crippen LogP contribution in [0.5, 0.6) is 0 Å². The Balaban J connectivity index is 2.28. The van der Waals surface area contributed by atoms with Crippen LogP contribution in [0.4, 0.5) is 11.4 Å². The molecule has 0 atom stereocenters. The Hall–Kier alpha value is -1.75. The van der Waals surface area contributed by atoms with Crippen LogP contribution in [0.25, 0.3) is 0 Å². The van der Waals surface area contributed by atoms with E-state index in [4.69, 9.17) is 40.2 Å². The summed E-state index contributed by atoms with van der Waals surface area (Å²) in [5, 5.41) is 10.1. The summed E-state index contributed by atoms with van der Waals surface area (Å²) in [5.74, 6) is 6.01. The van der Waals surface area contributed by atoms with E-state index in [9.17, 15) is 0 Å². The van der Waals surface area contributed by atoms with Gasteiger partial charge in [0.1, 0.15) is 5.84 Å². The number of nitrogens with zero attached hydrogens (tertiary/aromatic N) is 1. The molecule has 0 spiro atoms. The molecule has 0 aliphatic rings. The normalized spacial score (nSPS) is 10.3. The molecule has 0 fully saturated rings. The number of anilines is 2. The lowest BCUT2D eigenvalue weighted by molar-refractivity contribution is 1.11. The summed E-state index contributed by atoms with van der Waals surface area (Å²) >= 11 is 11.8. The molecular weight excluding hydrogens is 283 g/mol. The Morgan fingerprint density at radius 2 is 1.63 bits per heavy atom. The van der Waals surface area contributed by atoms with Crippen LogP contribution in [0, 0.1) is 5.41 Å². The summed E-state index contributed by atoms with van der Waals surface area (Å²) < 4.78 is 0. The number of amidine groups is 1. The molecule has 0 aromatic heterocycles. The number of hydrogen-bond donors (Lipinski definition) is 3. The topological polar surface area (TPSA) is 79.1 Å². The first-order chi connectivity index (χ1) is 8.99. The average molecular weight is 295 g/mol. The van der Waals surface area contributed by atoms with E-state index in [1.165, 1.54) is 5.01 Å². The molecule has 19 heavy (non-hydrogen) atoms. The van der Waals surface area contributed by atoms with Crippen LogP contribution in [-0.4, -0.2) is 5.84 Å². The highest BCUT2D eigenvalue weighted by Gasteiger charge is 2.11. The maximum Gasteiger partial charge on any atom is 0.147 e. The van der Waals surface area contributed by atoms with Crippen LogP contribution < -0.4 is 16.6 Å². The summed E-state index contributed by atoms with van der Waals surface area (Å²) in [7, 11) is 0. The van der Waals surface area contributed by atoms with Gasteiger partial charge in [0, 0.05) is 11.3 Å². The number of nitrogens with one attached hydrogen (secondary N) is 1. The lowest BCUT2D eigenvalue weighted by Gasteiger charge is -2.19. The number of nitrogen functional groups attached to an aromatic ring is 1. The molecule has 2 aromatic rings. The van der Waals surface area contributed by atoms with E-state index in [0.29, 0.717) is 27.0 Å². The number of hydrazine groups is 1. The first-order valence-corrected chi connectivity index (χ1v) is 6.19. The third kappa shape index (κ3) is 2.98. The van der Waals surface area contributed by atoms with E-state index >= 15 is 0 Å². The Morgan fingerprint density at radius 3 is 2.21 bits per heavy atom. The molecule has 0 saturated carbocycles. The van der Waals surface area contributed by atoms with Crippen molar-refractivity contribution in [2.45, 2.75) is 0 Å². The van der Waals surface area contributed by atoms with Crippen LogP contribution in [0.3, 0.4) is 0 Å². The minimum Gasteiger partial charge on any atom is -0.399 e. The van der Waals surface area contributed by atoms with Gasteiger partial charge in [0.15, 0.2) is 0 Å². The first kappa shape index (κ1) is 13.7. The van der Waals surface area contributed by atoms with Gasteiger partial charge in [0.2, 0.25) is 0 Å². The van der Waals surface area contributed by atoms with Crippen molar-refractivity contribution in [3.63, 3.8) is 0 Å². The lowest BCUT2D eigenvalue weighted by atomic mass is 10.2. The lowest BCUT2D eigenvalue weighted by Crippen LogP contribution is -2.37. The molecule has 0 bridgehead atoms. The molecule has 0 radical (unpaired) electrons. The summed E-state index contributed by atoms with van der Waals surface area (Å²) in [6.45, 7) is 0. The van der Waals surface area contributed by atoms with E-state index in [2.05, 4.69) is 0 Å². The third-order valence-electron chi connectivity index (χ3n) is 2.61. The Morgan fingerprint density at radius 1 is 1.00 bits per heavy atom. The van der Waals surface area contributed by atoms with Crippen molar-refractivity contribution < 1.29 is 0 Å². The fourth-order valence-corrected chi connectivity index (χ4v) is 1.84. The van der Waals surface area contributed by atoms with Gasteiger partial charge in [0.25, 0.3) is 0 Å². The SMILES string of the molecule is N=C(c1ccc(Cl)c(Cl)c1)N(N)c1ccc(N)cc1. The zero-order valence-electron chi connectivity index (χ0n) is 9.90. The van der Waals surface area contributed by atoms with Gasteiger partial charge in [0.05, 0.1) is 15.7 Å². The van der Waals surface area contributed by atoms with Crippen molar-refractivity contribution >= 4 is 40.4 Å². The molecule has 0 aliphatic heterocycles. The van der Waals surface area contributed by atoms with E-state index < -0.39 is 0 Å². The van der Waals surface area contributed by atoms with Crippen LogP contribution >= 0.6 is 23.2 Å². The highest BCUT2D eigenvalue weighted by atomic mass is 35.5. The number of rotatable bonds is 2. The summed E-state index contributed by atoms with van der Waals surface area (Å²) in [4.78, 5) is 0. The van der Waals surface area contributed by atoms with E-state index in [0.717, 1.165) is 0 Å². The quantitative estimate of drug-likeness (QED) is 0.261. The second kappa shape index (κ2) is 5.48. The van der Waals surface area contributed by atoms with Gasteiger partial charge in [-0.1, -0.05) is 23.2 Å². The second-order valence-corrected chi connectivity index (χ2v) is 4.75. The largest absolute Gasteiger partial charge is 0.399 e. The monoisotopic (exact) mass is 294 g/mol. The van der Waals surface area contributed by atoms with E-state index in [-0.39, 0.29) is 5.84 Å². The number of nitrogens with two attached hydrogens (primary N) is 2. The van der Waals surface area contributed by atoms with E-state index in [1.807, 2.05) is 0 Å². The number of hydrogen-bond acceptors (Lipinski definition) is 3.